The van der Waals surface area contributed by atoms with E-state index < -0.39 is 0 Å². The van der Waals surface area contributed by atoms with E-state index in [-0.39, 0.29) is 23.3 Å². The Bertz CT molecular complexity index is 2280. The summed E-state index contributed by atoms with van der Waals surface area (Å²) < 4.78 is 3.76. The Morgan fingerprint density at radius 3 is 2.26 bits per heavy atom. The highest BCUT2D eigenvalue weighted by Gasteiger charge is 2.18. The fourth-order valence-corrected chi connectivity index (χ4v) is 8.29. The molecule has 50 heavy (non-hydrogen) atoms. The molecule has 250 valence electrons. The first kappa shape index (κ1) is 33.5. The van der Waals surface area contributed by atoms with Gasteiger partial charge >= 0.3 is 0 Å². The number of amides is 2. The number of rotatable bonds is 12. The van der Waals surface area contributed by atoms with Crippen molar-refractivity contribution in [3.8, 4) is 5.69 Å². The second kappa shape index (κ2) is 15.3. The van der Waals surface area contributed by atoms with E-state index in [0.717, 1.165) is 37.3 Å². The molecule has 0 fully saturated rings. The van der Waals surface area contributed by atoms with Crippen molar-refractivity contribution >= 4 is 79.0 Å². The Kier molecular flexibility index (Phi) is 10.2. The number of thioether (sulfide) groups is 2. The van der Waals surface area contributed by atoms with Crippen molar-refractivity contribution in [3.63, 3.8) is 0 Å². The molecule has 2 heterocycles. The van der Waals surface area contributed by atoms with E-state index in [9.17, 15) is 9.59 Å². The Balaban J connectivity index is 0.984. The molecule has 2 aromatic heterocycles. The number of anilines is 2. The van der Waals surface area contributed by atoms with Gasteiger partial charge in [-0.2, -0.15) is 0 Å². The minimum atomic E-state index is -0.148. The zero-order valence-electron chi connectivity index (χ0n) is 27.5. The standard InChI is InChI=1S/C39H34N6O2S3/c1-25(2)26-15-17-29(18-16-26)40-37(47)24-49-39-42-33-20-19-30(22-34(33)50-39)41-36(46)23-48-38-44-43-35(45(38)31-12-4-3-5-13-31)21-28-11-8-10-27-9-6-7-14-32(27)28/h3-20,22,25H,21,23-24H2,1-2H3,(H,40,47)(H,41,46). The van der Waals surface area contributed by atoms with Gasteiger partial charge in [0.15, 0.2) is 9.50 Å². The maximum absolute atomic E-state index is 13.1. The molecular weight excluding hydrogens is 681 g/mol. The second-order valence-corrected chi connectivity index (χ2v) is 15.2. The summed E-state index contributed by atoms with van der Waals surface area (Å²) in [7, 11) is 0. The molecule has 0 radical (unpaired) electrons. The number of fused-ring (bicyclic) bond motifs is 2. The van der Waals surface area contributed by atoms with Crippen LogP contribution in [0.4, 0.5) is 11.4 Å². The number of benzene rings is 5. The van der Waals surface area contributed by atoms with Crippen LogP contribution in [0.15, 0.2) is 125 Å². The van der Waals surface area contributed by atoms with Crippen LogP contribution in [-0.2, 0) is 16.0 Å². The zero-order valence-corrected chi connectivity index (χ0v) is 29.9. The van der Waals surface area contributed by atoms with Crippen LogP contribution in [0.1, 0.15) is 36.7 Å². The van der Waals surface area contributed by atoms with Crippen molar-refractivity contribution in [2.24, 2.45) is 0 Å². The van der Waals surface area contributed by atoms with Crippen LogP contribution in [0, 0.1) is 0 Å². The largest absolute Gasteiger partial charge is 0.325 e. The molecule has 0 saturated carbocycles. The highest BCUT2D eigenvalue weighted by molar-refractivity contribution is 8.01. The van der Waals surface area contributed by atoms with Gasteiger partial charge in [-0.3, -0.25) is 14.2 Å². The average Bonchev–Trinajstić information content (AvgIpc) is 3.74. The summed E-state index contributed by atoms with van der Waals surface area (Å²) in [6.45, 7) is 4.29. The van der Waals surface area contributed by atoms with Gasteiger partial charge in [0.05, 0.1) is 21.7 Å². The summed E-state index contributed by atoms with van der Waals surface area (Å²) in [5.74, 6) is 1.43. The Hall–Kier alpha value is -4.97. The predicted molar refractivity (Wildman–Crippen MR) is 207 cm³/mol. The quantitative estimate of drug-likeness (QED) is 0.122. The summed E-state index contributed by atoms with van der Waals surface area (Å²) in [5.41, 5.74) is 5.63. The average molecular weight is 715 g/mol. The molecule has 0 saturated heterocycles. The summed E-state index contributed by atoms with van der Waals surface area (Å²) in [6, 6.07) is 38.2. The van der Waals surface area contributed by atoms with Gasteiger partial charge in [0.2, 0.25) is 11.8 Å². The molecule has 0 aliphatic heterocycles. The molecule has 7 aromatic rings. The Morgan fingerprint density at radius 1 is 0.760 bits per heavy atom. The van der Waals surface area contributed by atoms with Gasteiger partial charge in [-0.15, -0.1) is 21.5 Å². The first-order valence-corrected chi connectivity index (χ1v) is 19.0. The SMILES string of the molecule is CC(C)c1ccc(NC(=O)CSc2nc3ccc(NC(=O)CSc4nnc(Cc5cccc6ccccc56)n4-c4ccccc4)cc3s2)cc1. The van der Waals surface area contributed by atoms with Crippen molar-refractivity contribution in [3.05, 3.63) is 132 Å². The Labute approximate surface area is 302 Å². The highest BCUT2D eigenvalue weighted by atomic mass is 32.2. The molecule has 7 rings (SSSR count). The smallest absolute Gasteiger partial charge is 0.234 e. The van der Waals surface area contributed by atoms with Crippen molar-refractivity contribution in [1.82, 2.24) is 19.7 Å². The molecule has 0 unspecified atom stereocenters. The fraction of sp³-hybridized carbons (Fsp3) is 0.154. The van der Waals surface area contributed by atoms with E-state index in [0.29, 0.717) is 23.2 Å². The van der Waals surface area contributed by atoms with Gasteiger partial charge in [0.25, 0.3) is 0 Å². The summed E-state index contributed by atoms with van der Waals surface area (Å²) in [6.07, 6.45) is 0.599. The number of hydrogen-bond acceptors (Lipinski definition) is 8. The minimum Gasteiger partial charge on any atom is -0.325 e. The van der Waals surface area contributed by atoms with Crippen LogP contribution in [0.25, 0.3) is 26.7 Å². The molecular formula is C39H34N6O2S3. The molecule has 0 bridgehead atoms. The maximum Gasteiger partial charge on any atom is 0.234 e. The lowest BCUT2D eigenvalue weighted by molar-refractivity contribution is -0.114. The van der Waals surface area contributed by atoms with E-state index in [2.05, 4.69) is 70.0 Å². The molecule has 5 aromatic carbocycles. The van der Waals surface area contributed by atoms with Crippen LogP contribution in [0.5, 0.6) is 0 Å². The molecule has 8 nitrogen and oxygen atoms in total. The molecule has 0 atom stereocenters. The molecule has 2 N–H and O–H groups in total. The van der Waals surface area contributed by atoms with Gasteiger partial charge in [0.1, 0.15) is 5.82 Å². The third kappa shape index (κ3) is 7.91. The number of para-hydroxylation sites is 1. The van der Waals surface area contributed by atoms with E-state index in [1.54, 1.807) is 0 Å². The van der Waals surface area contributed by atoms with Gasteiger partial charge in [0, 0.05) is 23.5 Å². The van der Waals surface area contributed by atoms with Gasteiger partial charge in [-0.05, 0) is 70.3 Å². The number of nitrogens with zero attached hydrogens (tertiary/aromatic N) is 4. The monoisotopic (exact) mass is 714 g/mol. The van der Waals surface area contributed by atoms with Crippen LogP contribution in [-0.4, -0.2) is 43.1 Å². The lowest BCUT2D eigenvalue weighted by Gasteiger charge is -2.11. The van der Waals surface area contributed by atoms with Gasteiger partial charge in [-0.1, -0.05) is 110 Å². The van der Waals surface area contributed by atoms with Crippen molar-refractivity contribution in [2.45, 2.75) is 35.7 Å². The molecule has 0 aliphatic carbocycles. The molecule has 0 aliphatic rings. The second-order valence-electron chi connectivity index (χ2n) is 12.0. The van der Waals surface area contributed by atoms with E-state index in [1.165, 1.54) is 51.2 Å². The third-order valence-corrected chi connectivity index (χ3v) is 11.2. The fourth-order valence-electron chi connectivity index (χ4n) is 5.61. The van der Waals surface area contributed by atoms with Crippen molar-refractivity contribution in [1.29, 1.82) is 0 Å². The van der Waals surface area contributed by atoms with Crippen LogP contribution >= 0.6 is 34.9 Å². The normalized spacial score (nSPS) is 11.3. The van der Waals surface area contributed by atoms with Crippen molar-refractivity contribution in [2.75, 3.05) is 22.1 Å². The number of hydrogen-bond donors (Lipinski definition) is 2. The van der Waals surface area contributed by atoms with Crippen LogP contribution in [0.3, 0.4) is 0 Å². The minimum absolute atomic E-state index is 0.0826. The zero-order chi connectivity index (χ0) is 34.5. The number of carbonyl (C=O) groups excluding carboxylic acids is 2. The first-order valence-electron chi connectivity index (χ1n) is 16.2. The lowest BCUT2D eigenvalue weighted by Crippen LogP contribution is -2.14. The van der Waals surface area contributed by atoms with Crippen LogP contribution < -0.4 is 10.6 Å². The number of nitrogens with one attached hydrogen (secondary N) is 2. The van der Waals surface area contributed by atoms with E-state index in [4.69, 9.17) is 0 Å². The number of carbonyl (C=O) groups is 2. The number of aromatic nitrogens is 4. The van der Waals surface area contributed by atoms with Crippen LogP contribution in [0.2, 0.25) is 0 Å². The topological polar surface area (TPSA) is 102 Å². The van der Waals surface area contributed by atoms with E-state index >= 15 is 0 Å². The highest BCUT2D eigenvalue weighted by Crippen LogP contribution is 2.32. The summed E-state index contributed by atoms with van der Waals surface area (Å²) >= 11 is 4.25. The first-order chi connectivity index (χ1) is 24.4. The summed E-state index contributed by atoms with van der Waals surface area (Å²) in [5, 5.41) is 18.1. The summed E-state index contributed by atoms with van der Waals surface area (Å²) in [4.78, 5) is 30.4. The van der Waals surface area contributed by atoms with Gasteiger partial charge < -0.3 is 10.6 Å². The van der Waals surface area contributed by atoms with E-state index in [1.807, 2.05) is 89.5 Å². The lowest BCUT2D eigenvalue weighted by atomic mass is 10.0. The predicted octanol–water partition coefficient (Wildman–Crippen LogP) is 9.21. The molecule has 2 amide bonds. The van der Waals surface area contributed by atoms with Gasteiger partial charge in [-0.25, -0.2) is 4.98 Å². The van der Waals surface area contributed by atoms with Crippen molar-refractivity contribution < 1.29 is 9.59 Å². The third-order valence-electron chi connectivity index (χ3n) is 8.12. The molecule has 11 heteroatoms. The Morgan fingerprint density at radius 2 is 1.46 bits per heavy atom. The molecule has 0 spiro atoms. The number of thiazole rings is 1. The maximum atomic E-state index is 13.1.